The van der Waals surface area contributed by atoms with Gasteiger partial charge < -0.3 is 21.1 Å². The van der Waals surface area contributed by atoms with Crippen LogP contribution in [-0.2, 0) is 9.59 Å². The fraction of sp³-hybridized carbons (Fsp3) is 0.750. The van der Waals surface area contributed by atoms with E-state index < -0.39 is 23.6 Å². The van der Waals surface area contributed by atoms with E-state index in [4.69, 9.17) is 0 Å². The van der Waals surface area contributed by atoms with Crippen LogP contribution in [-0.4, -0.2) is 41.1 Å². The van der Waals surface area contributed by atoms with E-state index in [1.165, 1.54) is 0 Å². The quantitative estimate of drug-likeness (QED) is 0.573. The smallest absolute Gasteiger partial charge is 0.329 e. The Balaban J connectivity index is 2.54. The lowest BCUT2D eigenvalue weighted by atomic mass is 9.98. The standard InChI is InChI=1S/C12H21N3O4/c1-3-13-9(16)8(2)14-11(19)15-12(10(17)18)6-4-5-7-12/h8H,3-7H2,1-2H3,(H,13,16)(H,17,18)(H2,14,15,19). The van der Waals surface area contributed by atoms with Gasteiger partial charge in [-0.15, -0.1) is 0 Å². The van der Waals surface area contributed by atoms with Crippen LogP contribution < -0.4 is 16.0 Å². The molecule has 0 bridgehead atoms. The van der Waals surface area contributed by atoms with E-state index in [2.05, 4.69) is 16.0 Å². The largest absolute Gasteiger partial charge is 0.480 e. The number of nitrogens with one attached hydrogen (secondary N) is 3. The number of likely N-dealkylation sites (N-methyl/N-ethyl adjacent to an activating group) is 1. The maximum Gasteiger partial charge on any atom is 0.329 e. The predicted molar refractivity (Wildman–Crippen MR) is 68.6 cm³/mol. The lowest BCUT2D eigenvalue weighted by molar-refractivity contribution is -0.144. The summed E-state index contributed by atoms with van der Waals surface area (Å²) in [6, 6.07) is -1.32. The van der Waals surface area contributed by atoms with Gasteiger partial charge in [0.15, 0.2) is 0 Å². The normalized spacial score (nSPS) is 18.4. The maximum absolute atomic E-state index is 11.8. The van der Waals surface area contributed by atoms with Gasteiger partial charge in [0.25, 0.3) is 0 Å². The summed E-state index contributed by atoms with van der Waals surface area (Å²) in [5, 5.41) is 16.7. The van der Waals surface area contributed by atoms with Crippen LogP contribution in [0.3, 0.4) is 0 Å². The molecule has 1 aliphatic carbocycles. The van der Waals surface area contributed by atoms with Crippen LogP contribution >= 0.6 is 0 Å². The monoisotopic (exact) mass is 271 g/mol. The van der Waals surface area contributed by atoms with Crippen LogP contribution in [0.5, 0.6) is 0 Å². The van der Waals surface area contributed by atoms with Crippen molar-refractivity contribution in [3.05, 3.63) is 0 Å². The van der Waals surface area contributed by atoms with Crippen LogP contribution in [0.25, 0.3) is 0 Å². The van der Waals surface area contributed by atoms with Crippen molar-refractivity contribution >= 4 is 17.9 Å². The fourth-order valence-electron chi connectivity index (χ4n) is 2.21. The number of hydrogen-bond donors (Lipinski definition) is 4. The Morgan fingerprint density at radius 2 is 1.84 bits per heavy atom. The van der Waals surface area contributed by atoms with Gasteiger partial charge in [0.1, 0.15) is 11.6 Å². The average Bonchev–Trinajstić information content (AvgIpc) is 2.78. The Morgan fingerprint density at radius 3 is 2.32 bits per heavy atom. The zero-order chi connectivity index (χ0) is 14.5. The summed E-state index contributed by atoms with van der Waals surface area (Å²) in [6.45, 7) is 3.81. The van der Waals surface area contributed by atoms with Crippen molar-refractivity contribution in [3.63, 3.8) is 0 Å². The van der Waals surface area contributed by atoms with Crippen LogP contribution in [0, 0.1) is 0 Å². The minimum absolute atomic E-state index is 0.298. The molecule has 19 heavy (non-hydrogen) atoms. The number of carbonyl (C=O) groups is 3. The third-order valence-electron chi connectivity index (χ3n) is 3.31. The summed E-state index contributed by atoms with van der Waals surface area (Å²) in [4.78, 5) is 34.5. The topological polar surface area (TPSA) is 108 Å². The van der Waals surface area contributed by atoms with E-state index in [1.54, 1.807) is 13.8 Å². The van der Waals surface area contributed by atoms with Crippen LogP contribution in [0.4, 0.5) is 4.79 Å². The summed E-state index contributed by atoms with van der Waals surface area (Å²) in [5.74, 6) is -1.32. The Morgan fingerprint density at radius 1 is 1.26 bits per heavy atom. The van der Waals surface area contributed by atoms with Crippen molar-refractivity contribution in [1.82, 2.24) is 16.0 Å². The Hall–Kier alpha value is -1.79. The first-order valence-corrected chi connectivity index (χ1v) is 6.51. The number of carboxylic acids is 1. The minimum atomic E-state index is -1.19. The van der Waals surface area contributed by atoms with E-state index >= 15 is 0 Å². The Labute approximate surface area is 112 Å². The molecule has 108 valence electrons. The van der Waals surface area contributed by atoms with Crippen molar-refractivity contribution in [3.8, 4) is 0 Å². The number of urea groups is 1. The molecule has 0 aromatic rings. The first-order valence-electron chi connectivity index (χ1n) is 6.51. The van der Waals surface area contributed by atoms with Gasteiger partial charge in [-0.2, -0.15) is 0 Å². The zero-order valence-corrected chi connectivity index (χ0v) is 11.3. The molecule has 1 rings (SSSR count). The third kappa shape index (κ3) is 3.84. The molecule has 7 heteroatoms. The van der Waals surface area contributed by atoms with Crippen molar-refractivity contribution in [2.24, 2.45) is 0 Å². The van der Waals surface area contributed by atoms with Gasteiger partial charge in [-0.05, 0) is 26.7 Å². The summed E-state index contributed by atoms with van der Waals surface area (Å²) < 4.78 is 0. The molecule has 4 N–H and O–H groups in total. The number of carboxylic acid groups (broad SMARTS) is 1. The molecule has 0 heterocycles. The number of aliphatic carboxylic acids is 1. The van der Waals surface area contributed by atoms with E-state index in [9.17, 15) is 19.5 Å². The highest BCUT2D eigenvalue weighted by atomic mass is 16.4. The third-order valence-corrected chi connectivity index (χ3v) is 3.31. The van der Waals surface area contributed by atoms with Crippen molar-refractivity contribution in [1.29, 1.82) is 0 Å². The van der Waals surface area contributed by atoms with Gasteiger partial charge in [0, 0.05) is 6.54 Å². The van der Waals surface area contributed by atoms with Crippen LogP contribution in [0.15, 0.2) is 0 Å². The summed E-state index contributed by atoms with van der Waals surface area (Å²) >= 11 is 0. The first-order chi connectivity index (χ1) is 8.91. The van der Waals surface area contributed by atoms with Gasteiger partial charge in [-0.25, -0.2) is 9.59 Å². The molecule has 0 saturated heterocycles. The van der Waals surface area contributed by atoms with E-state index in [-0.39, 0.29) is 5.91 Å². The molecule has 0 aromatic heterocycles. The minimum Gasteiger partial charge on any atom is -0.480 e. The van der Waals surface area contributed by atoms with E-state index in [1.807, 2.05) is 0 Å². The first kappa shape index (κ1) is 15.3. The maximum atomic E-state index is 11.8. The molecular formula is C12H21N3O4. The number of hydrogen-bond acceptors (Lipinski definition) is 3. The van der Waals surface area contributed by atoms with Gasteiger partial charge in [0.2, 0.25) is 5.91 Å². The molecule has 1 unspecified atom stereocenters. The molecule has 1 fully saturated rings. The molecule has 0 radical (unpaired) electrons. The van der Waals surface area contributed by atoms with E-state index in [0.717, 1.165) is 12.8 Å². The number of carbonyl (C=O) groups excluding carboxylic acids is 2. The lowest BCUT2D eigenvalue weighted by Crippen LogP contribution is -2.58. The number of rotatable bonds is 5. The van der Waals surface area contributed by atoms with Gasteiger partial charge >= 0.3 is 12.0 Å². The Kier molecular flexibility index (Phi) is 5.14. The molecule has 1 atom stereocenters. The second kappa shape index (κ2) is 6.40. The Bertz CT molecular complexity index is 364. The molecule has 1 aliphatic rings. The number of amides is 3. The molecular weight excluding hydrogens is 250 g/mol. The highest BCUT2D eigenvalue weighted by Gasteiger charge is 2.42. The second-order valence-electron chi connectivity index (χ2n) is 4.81. The summed E-state index contributed by atoms with van der Waals surface area (Å²) in [7, 11) is 0. The second-order valence-corrected chi connectivity index (χ2v) is 4.81. The molecule has 0 aliphatic heterocycles. The average molecular weight is 271 g/mol. The SMILES string of the molecule is CCNC(=O)C(C)NC(=O)NC1(C(=O)O)CCCC1. The van der Waals surface area contributed by atoms with E-state index in [0.29, 0.717) is 19.4 Å². The highest BCUT2D eigenvalue weighted by molar-refractivity contribution is 5.90. The van der Waals surface area contributed by atoms with Gasteiger partial charge in [0.05, 0.1) is 0 Å². The fourth-order valence-corrected chi connectivity index (χ4v) is 2.21. The molecule has 0 aromatic carbocycles. The molecule has 7 nitrogen and oxygen atoms in total. The van der Waals surface area contributed by atoms with Crippen molar-refractivity contribution in [2.45, 2.75) is 51.1 Å². The zero-order valence-electron chi connectivity index (χ0n) is 11.3. The van der Waals surface area contributed by atoms with Crippen molar-refractivity contribution in [2.75, 3.05) is 6.54 Å². The van der Waals surface area contributed by atoms with Crippen LogP contribution in [0.1, 0.15) is 39.5 Å². The van der Waals surface area contributed by atoms with Gasteiger partial charge in [-0.3, -0.25) is 4.79 Å². The van der Waals surface area contributed by atoms with Crippen molar-refractivity contribution < 1.29 is 19.5 Å². The summed E-state index contributed by atoms with van der Waals surface area (Å²) in [5.41, 5.74) is -1.19. The molecule has 3 amide bonds. The van der Waals surface area contributed by atoms with Crippen LogP contribution in [0.2, 0.25) is 0 Å². The molecule has 1 saturated carbocycles. The lowest BCUT2D eigenvalue weighted by Gasteiger charge is -2.26. The highest BCUT2D eigenvalue weighted by Crippen LogP contribution is 2.29. The summed E-state index contributed by atoms with van der Waals surface area (Å²) in [6.07, 6.45) is 2.40. The van der Waals surface area contributed by atoms with Gasteiger partial charge in [-0.1, -0.05) is 12.8 Å². The predicted octanol–water partition coefficient (Wildman–Crippen LogP) is 0.208. The molecule has 0 spiro atoms.